The second-order valence-electron chi connectivity index (χ2n) is 10.8. The van der Waals surface area contributed by atoms with Crippen LogP contribution in [0.4, 0.5) is 0 Å². The number of aliphatic hydroxyl groups is 2. The van der Waals surface area contributed by atoms with Crippen LogP contribution in [0.15, 0.2) is 40.2 Å². The minimum Gasteiger partial charge on any atom is -0.391 e. The number of benzene rings is 1. The molecular formula is C26H33N7O5. The number of hydrogen-bond donors (Lipinski definition) is 2. The number of rotatable bonds is 4. The van der Waals surface area contributed by atoms with Gasteiger partial charge in [-0.2, -0.15) is 0 Å². The molecule has 1 aliphatic rings. The number of aryl methyl sites for hydroxylation is 1. The maximum atomic E-state index is 13.7. The number of likely N-dealkylation sites (tertiary alicyclic amines) is 1. The number of nitrogens with zero attached hydrogens (tertiary/aromatic N) is 7. The van der Waals surface area contributed by atoms with Gasteiger partial charge >= 0.3 is 5.69 Å². The molecule has 12 heteroatoms. The summed E-state index contributed by atoms with van der Waals surface area (Å²) in [7, 11) is 2.90. The fourth-order valence-electron chi connectivity index (χ4n) is 5.54. The Bertz CT molecular complexity index is 1660. The van der Waals surface area contributed by atoms with Crippen molar-refractivity contribution in [2.75, 3.05) is 13.1 Å². The van der Waals surface area contributed by atoms with E-state index in [1.165, 1.54) is 34.5 Å². The number of β-amino-alcohol motifs (C(OH)–C–C–N with tert-alkyl or cyclic N) is 1. The van der Waals surface area contributed by atoms with Crippen molar-refractivity contribution in [3.63, 3.8) is 0 Å². The molecule has 3 atom stereocenters. The van der Waals surface area contributed by atoms with Crippen LogP contribution in [0.5, 0.6) is 0 Å². The number of imidazole rings is 2. The fourth-order valence-corrected chi connectivity index (χ4v) is 5.54. The zero-order chi connectivity index (χ0) is 27.5. The molecule has 0 bridgehead atoms. The lowest BCUT2D eigenvalue weighted by Crippen LogP contribution is -2.44. The SMILES string of the molecule is CC(C)c1nc2ccccc2n1CC(=O)N1C[C@H](O)C[C@](C)(O)[C@@H](n2cnc3c2c(=O)n(C)c(=O)n3C)C1. The van der Waals surface area contributed by atoms with Gasteiger partial charge in [-0.05, 0) is 19.1 Å². The van der Waals surface area contributed by atoms with Gasteiger partial charge in [-0.25, -0.2) is 14.8 Å². The van der Waals surface area contributed by atoms with Crippen molar-refractivity contribution >= 4 is 28.1 Å². The molecule has 0 unspecified atom stereocenters. The van der Waals surface area contributed by atoms with Crippen molar-refractivity contribution in [2.24, 2.45) is 14.1 Å². The number of hydrogen-bond acceptors (Lipinski definition) is 7. The summed E-state index contributed by atoms with van der Waals surface area (Å²) in [6.45, 7) is 5.68. The Kier molecular flexibility index (Phi) is 6.27. The molecule has 2 N–H and O–H groups in total. The lowest BCUT2D eigenvalue weighted by molar-refractivity contribution is -0.133. The fraction of sp³-hybridized carbons (Fsp3) is 0.500. The highest BCUT2D eigenvalue weighted by Gasteiger charge is 2.42. The zero-order valence-corrected chi connectivity index (χ0v) is 22.2. The second-order valence-corrected chi connectivity index (χ2v) is 10.8. The van der Waals surface area contributed by atoms with Crippen LogP contribution in [0.3, 0.4) is 0 Å². The van der Waals surface area contributed by atoms with Crippen molar-refractivity contribution in [3.05, 3.63) is 57.3 Å². The molecule has 4 heterocycles. The molecule has 1 saturated heterocycles. The maximum Gasteiger partial charge on any atom is 0.332 e. The first kappa shape index (κ1) is 25.9. The number of amides is 1. The van der Waals surface area contributed by atoms with E-state index in [1.807, 2.05) is 42.7 Å². The van der Waals surface area contributed by atoms with Gasteiger partial charge in [-0.1, -0.05) is 26.0 Å². The third kappa shape index (κ3) is 4.13. The summed E-state index contributed by atoms with van der Waals surface area (Å²) in [5.74, 6) is 0.614. The first-order valence-electron chi connectivity index (χ1n) is 12.7. The molecule has 12 nitrogen and oxygen atoms in total. The third-order valence-electron chi connectivity index (χ3n) is 7.55. The molecule has 1 aliphatic heterocycles. The number of aromatic nitrogens is 6. The molecule has 0 spiro atoms. The number of para-hydroxylation sites is 2. The van der Waals surface area contributed by atoms with Crippen molar-refractivity contribution in [1.82, 2.24) is 33.1 Å². The number of carbonyl (C=O) groups excluding carboxylic acids is 1. The van der Waals surface area contributed by atoms with Crippen LogP contribution in [0.2, 0.25) is 0 Å². The van der Waals surface area contributed by atoms with Gasteiger partial charge in [-0.3, -0.25) is 18.7 Å². The third-order valence-corrected chi connectivity index (χ3v) is 7.55. The molecule has 0 radical (unpaired) electrons. The van der Waals surface area contributed by atoms with Gasteiger partial charge in [0.15, 0.2) is 11.2 Å². The standard InChI is InChI=1S/C26H33N7O5/c1-15(2)22-28-17-8-6-7-9-18(17)32(22)13-20(35)31-11-16(34)10-26(3,38)19(12-31)33-14-27-23-21(33)24(36)30(5)25(37)29(23)4/h6-9,14-16,19,34,38H,10-13H2,1-5H3/t16-,19+,26+/m1/s1. The summed E-state index contributed by atoms with van der Waals surface area (Å²) in [5.41, 5.74) is -0.575. The smallest absolute Gasteiger partial charge is 0.332 e. The van der Waals surface area contributed by atoms with Gasteiger partial charge in [0.25, 0.3) is 5.56 Å². The highest BCUT2D eigenvalue weighted by molar-refractivity contribution is 5.81. The Morgan fingerprint density at radius 3 is 2.58 bits per heavy atom. The predicted octanol–water partition coefficient (Wildman–Crippen LogP) is 0.492. The normalized spacial score (nSPS) is 22.5. The average Bonchev–Trinajstić information content (AvgIpc) is 3.42. The van der Waals surface area contributed by atoms with Gasteiger partial charge in [0.05, 0.1) is 35.1 Å². The summed E-state index contributed by atoms with van der Waals surface area (Å²) in [6, 6.07) is 6.82. The van der Waals surface area contributed by atoms with Crippen molar-refractivity contribution in [1.29, 1.82) is 0 Å². The molecular weight excluding hydrogens is 490 g/mol. The molecule has 1 amide bonds. The molecule has 5 rings (SSSR count). The average molecular weight is 524 g/mol. The molecule has 3 aromatic heterocycles. The minimum absolute atomic E-state index is 0.0105. The van der Waals surface area contributed by atoms with Crippen molar-refractivity contribution in [3.8, 4) is 0 Å². The van der Waals surface area contributed by atoms with Gasteiger partial charge in [0.2, 0.25) is 5.91 Å². The van der Waals surface area contributed by atoms with Crippen molar-refractivity contribution in [2.45, 2.75) is 57.4 Å². The Hall–Kier alpha value is -3.77. The Labute approximate surface area is 218 Å². The van der Waals surface area contributed by atoms with Gasteiger partial charge in [0.1, 0.15) is 12.4 Å². The topological polar surface area (TPSA) is 140 Å². The summed E-state index contributed by atoms with van der Waals surface area (Å²) in [5, 5.41) is 22.3. The number of fused-ring (bicyclic) bond motifs is 2. The zero-order valence-electron chi connectivity index (χ0n) is 22.2. The molecule has 202 valence electrons. The van der Waals surface area contributed by atoms with Crippen LogP contribution in [0, 0.1) is 0 Å². The molecule has 1 aromatic carbocycles. The highest BCUT2D eigenvalue weighted by Crippen LogP contribution is 2.33. The Balaban J connectivity index is 1.56. The monoisotopic (exact) mass is 523 g/mol. The van der Waals surface area contributed by atoms with E-state index in [1.54, 1.807) is 6.92 Å². The summed E-state index contributed by atoms with van der Waals surface area (Å²) >= 11 is 0. The van der Waals surface area contributed by atoms with E-state index in [2.05, 4.69) is 4.98 Å². The van der Waals surface area contributed by atoms with Crippen LogP contribution >= 0.6 is 0 Å². The predicted molar refractivity (Wildman–Crippen MR) is 141 cm³/mol. The van der Waals surface area contributed by atoms with Crippen LogP contribution in [0.25, 0.3) is 22.2 Å². The van der Waals surface area contributed by atoms with Crippen LogP contribution in [-0.4, -0.2) is 74.1 Å². The van der Waals surface area contributed by atoms with E-state index in [4.69, 9.17) is 4.98 Å². The second kappa shape index (κ2) is 9.21. The van der Waals surface area contributed by atoms with E-state index in [9.17, 15) is 24.6 Å². The summed E-state index contributed by atoms with van der Waals surface area (Å²) in [6.07, 6.45) is 0.411. The van der Waals surface area contributed by atoms with E-state index < -0.39 is 29.0 Å². The lowest BCUT2D eigenvalue weighted by Gasteiger charge is -2.34. The van der Waals surface area contributed by atoms with Crippen LogP contribution in [-0.2, 0) is 25.4 Å². The van der Waals surface area contributed by atoms with E-state index in [-0.39, 0.29) is 49.0 Å². The molecule has 4 aromatic rings. The molecule has 38 heavy (non-hydrogen) atoms. The van der Waals surface area contributed by atoms with Gasteiger partial charge in [-0.15, -0.1) is 0 Å². The van der Waals surface area contributed by atoms with Crippen LogP contribution < -0.4 is 11.2 Å². The molecule has 0 saturated carbocycles. The highest BCUT2D eigenvalue weighted by atomic mass is 16.3. The number of aliphatic hydroxyl groups excluding tert-OH is 1. The lowest BCUT2D eigenvalue weighted by atomic mass is 9.91. The van der Waals surface area contributed by atoms with E-state index >= 15 is 0 Å². The Morgan fingerprint density at radius 2 is 1.87 bits per heavy atom. The molecule has 0 aliphatic carbocycles. The van der Waals surface area contributed by atoms with E-state index in [0.717, 1.165) is 21.4 Å². The number of carbonyl (C=O) groups is 1. The quantitative estimate of drug-likeness (QED) is 0.397. The maximum absolute atomic E-state index is 13.7. The van der Waals surface area contributed by atoms with E-state index in [0.29, 0.717) is 0 Å². The first-order valence-corrected chi connectivity index (χ1v) is 12.7. The summed E-state index contributed by atoms with van der Waals surface area (Å²) < 4.78 is 5.68. The Morgan fingerprint density at radius 1 is 1.16 bits per heavy atom. The van der Waals surface area contributed by atoms with Crippen LogP contribution in [0.1, 0.15) is 45.0 Å². The van der Waals surface area contributed by atoms with Crippen molar-refractivity contribution < 1.29 is 15.0 Å². The van der Waals surface area contributed by atoms with Gasteiger partial charge in [0, 0.05) is 39.5 Å². The largest absolute Gasteiger partial charge is 0.391 e. The molecule has 1 fully saturated rings. The van der Waals surface area contributed by atoms with Gasteiger partial charge < -0.3 is 24.2 Å². The first-order chi connectivity index (χ1) is 17.9. The summed E-state index contributed by atoms with van der Waals surface area (Å²) in [4.78, 5) is 49.8. The minimum atomic E-state index is -1.48.